The molecule has 0 aliphatic carbocycles. The molecule has 0 saturated carbocycles. The number of piperidine rings is 1. The zero-order chi connectivity index (χ0) is 52.6. The van der Waals surface area contributed by atoms with E-state index in [1.54, 1.807) is 50.9 Å². The van der Waals surface area contributed by atoms with Crippen LogP contribution in [0.2, 0.25) is 0 Å². The number of hydrogen-bond donors (Lipinski definition) is 4. The molecule has 8 rings (SSSR count). The minimum absolute atomic E-state index is 0.000455. The standard InChI is InChI=1S/C53H55F2N6O10PS/c1-52(2,3)46(57-48(65)43-30-35-28-36(19-22-42(35)73-43)53(54,55)72(69,70)71)51(68)60-26-11-17-41(60)50(67)59(37-20-18-32-12-7-8-14-34(32)29-37)27-24-45(63)58(4)25-9-5-6-13-33-15-10-16-38-39(33)31-61(49(38)66)40-21-23-44(62)56-47(40)64/h7-8,10,12,14-16,18-20,22,28-30,40-41,46H,5,9,11,17,21,23-27,31H2,1-4H3,(H,57,65)(H,56,62,64)(H2,69,70,71). The third-order valence-corrected chi connectivity index (χ3v) is 15.7. The van der Waals surface area contributed by atoms with Gasteiger partial charge in [-0.25, -0.2) is 0 Å². The van der Waals surface area contributed by atoms with Gasteiger partial charge in [-0.15, -0.1) is 11.3 Å². The van der Waals surface area contributed by atoms with Gasteiger partial charge in [-0.1, -0.05) is 75.1 Å². The SMILES string of the molecule is CN(CCCC#Cc1cccc2c1CN(C1CCC(=O)NC1=O)C2=O)C(=O)CCN(C(=O)C1CCCN1C(=O)C(NC(=O)c1cc2cc(C(F)(F)P(=O)(O)O)ccc2s1)C(C)(C)C)c1ccc2ccccc2c1. The summed E-state index contributed by atoms with van der Waals surface area (Å²) >= 11 is 0.958. The highest BCUT2D eigenvalue weighted by molar-refractivity contribution is 7.52. The summed E-state index contributed by atoms with van der Waals surface area (Å²) < 4.78 is 41.0. The van der Waals surface area contributed by atoms with Crippen molar-refractivity contribution in [3.05, 3.63) is 112 Å². The number of carbonyl (C=O) groups is 7. The second kappa shape index (κ2) is 20.9. The van der Waals surface area contributed by atoms with E-state index >= 15 is 0 Å². The van der Waals surface area contributed by atoms with Crippen LogP contribution in [-0.4, -0.2) is 111 Å². The van der Waals surface area contributed by atoms with Crippen LogP contribution in [0.25, 0.3) is 20.9 Å². The Morgan fingerprint density at radius 3 is 2.41 bits per heavy atom. The first kappa shape index (κ1) is 52.5. The van der Waals surface area contributed by atoms with E-state index in [1.807, 2.05) is 42.5 Å². The van der Waals surface area contributed by atoms with Gasteiger partial charge in [0.05, 0.1) is 4.88 Å². The molecule has 3 aliphatic heterocycles. The molecular formula is C53H55F2N6O10PS. The topological polar surface area (TPSA) is 214 Å². The fourth-order valence-corrected chi connectivity index (χ4v) is 10.9. The van der Waals surface area contributed by atoms with E-state index < -0.39 is 66.0 Å². The summed E-state index contributed by atoms with van der Waals surface area (Å²) in [6, 6.07) is 20.0. The Bertz CT molecular complexity index is 3180. The van der Waals surface area contributed by atoms with Crippen LogP contribution < -0.4 is 15.5 Å². The van der Waals surface area contributed by atoms with Crippen LogP contribution in [0.4, 0.5) is 14.5 Å². The number of fused-ring (bicyclic) bond motifs is 3. The van der Waals surface area contributed by atoms with E-state index in [0.717, 1.165) is 39.8 Å². The number of amides is 7. The highest BCUT2D eigenvalue weighted by Crippen LogP contribution is 2.59. The first-order chi connectivity index (χ1) is 34.5. The fourth-order valence-electron chi connectivity index (χ4n) is 9.49. The lowest BCUT2D eigenvalue weighted by Crippen LogP contribution is -2.58. The van der Waals surface area contributed by atoms with Crippen LogP contribution in [0, 0.1) is 17.3 Å². The molecule has 4 heterocycles. The Morgan fingerprint density at radius 2 is 1.68 bits per heavy atom. The number of hydrogen-bond acceptors (Lipinski definition) is 9. The van der Waals surface area contributed by atoms with Gasteiger partial charge in [0.15, 0.2) is 0 Å². The zero-order valence-electron chi connectivity index (χ0n) is 40.7. The van der Waals surface area contributed by atoms with Gasteiger partial charge in [-0.3, -0.25) is 43.4 Å². The Hall–Kier alpha value is -6.84. The summed E-state index contributed by atoms with van der Waals surface area (Å²) in [6.45, 7) is 6.08. The quantitative estimate of drug-likeness (QED) is 0.0391. The largest absolute Gasteiger partial charge is 0.399 e. The van der Waals surface area contributed by atoms with Crippen molar-refractivity contribution in [1.82, 2.24) is 25.3 Å². The molecule has 2 fully saturated rings. The van der Waals surface area contributed by atoms with Gasteiger partial charge in [-0.05, 0) is 95.3 Å². The molecule has 1 aromatic heterocycles. The smallest absolute Gasteiger partial charge is 0.346 e. The lowest BCUT2D eigenvalue weighted by Gasteiger charge is -2.36. The van der Waals surface area contributed by atoms with Crippen LogP contribution in [0.15, 0.2) is 84.9 Å². The molecule has 5 aromatic rings. The first-order valence-corrected chi connectivity index (χ1v) is 26.3. The van der Waals surface area contributed by atoms with Crippen LogP contribution in [0.5, 0.6) is 0 Å². The maximum absolute atomic E-state index is 14.9. The minimum Gasteiger partial charge on any atom is -0.346 e. The third-order valence-electron chi connectivity index (χ3n) is 13.5. The van der Waals surface area contributed by atoms with Crippen molar-refractivity contribution in [1.29, 1.82) is 0 Å². The van der Waals surface area contributed by atoms with Gasteiger partial charge in [0.2, 0.25) is 29.5 Å². The molecule has 20 heteroatoms. The van der Waals surface area contributed by atoms with E-state index in [4.69, 9.17) is 0 Å². The number of unbranched alkanes of at least 4 members (excludes halogenated alkanes) is 1. The number of thiophene rings is 1. The van der Waals surface area contributed by atoms with Gasteiger partial charge in [0.25, 0.3) is 11.8 Å². The summed E-state index contributed by atoms with van der Waals surface area (Å²) in [7, 11) is -4.16. The van der Waals surface area contributed by atoms with Gasteiger partial charge in [-0.2, -0.15) is 8.78 Å². The molecule has 0 bridgehead atoms. The van der Waals surface area contributed by atoms with E-state index in [1.165, 1.54) is 26.8 Å². The molecule has 0 spiro atoms. The predicted molar refractivity (Wildman–Crippen MR) is 270 cm³/mol. The molecule has 382 valence electrons. The van der Waals surface area contributed by atoms with E-state index in [0.29, 0.717) is 53.7 Å². The number of benzene rings is 4. The molecule has 2 saturated heterocycles. The van der Waals surface area contributed by atoms with Crippen molar-refractivity contribution < 1.29 is 56.7 Å². The Balaban J connectivity index is 0.929. The monoisotopic (exact) mass is 1040 g/mol. The number of nitrogens with zero attached hydrogens (tertiary/aromatic N) is 4. The van der Waals surface area contributed by atoms with E-state index in [2.05, 4.69) is 22.5 Å². The zero-order valence-corrected chi connectivity index (χ0v) is 42.4. The van der Waals surface area contributed by atoms with Crippen LogP contribution in [-0.2, 0) is 40.7 Å². The highest BCUT2D eigenvalue weighted by atomic mass is 32.1. The molecule has 3 aliphatic rings. The number of alkyl halides is 2. The second-order valence-corrected chi connectivity index (χ2v) is 22.4. The van der Waals surface area contributed by atoms with E-state index in [-0.39, 0.29) is 66.9 Å². The Kier molecular flexibility index (Phi) is 15.1. The molecule has 3 atom stereocenters. The molecule has 4 N–H and O–H groups in total. The molecule has 4 aromatic carbocycles. The van der Waals surface area contributed by atoms with Gasteiger partial charge >= 0.3 is 13.3 Å². The third kappa shape index (κ3) is 11.1. The molecule has 7 amide bonds. The average Bonchev–Trinajstić information content (AvgIpc) is 4.10. The summed E-state index contributed by atoms with van der Waals surface area (Å²) in [5.74, 6) is 3.38. The normalized spacial score (nSPS) is 17.5. The van der Waals surface area contributed by atoms with Crippen molar-refractivity contribution in [3.8, 4) is 11.8 Å². The highest BCUT2D eigenvalue weighted by Gasteiger charge is 2.50. The molecule has 16 nitrogen and oxygen atoms in total. The van der Waals surface area contributed by atoms with Gasteiger partial charge in [0.1, 0.15) is 18.1 Å². The molecule has 0 radical (unpaired) electrons. The maximum Gasteiger partial charge on any atom is 0.399 e. The van der Waals surface area contributed by atoms with Crippen molar-refractivity contribution in [2.75, 3.05) is 31.6 Å². The molecule has 73 heavy (non-hydrogen) atoms. The van der Waals surface area contributed by atoms with Crippen molar-refractivity contribution in [3.63, 3.8) is 0 Å². The van der Waals surface area contributed by atoms with Crippen molar-refractivity contribution in [2.24, 2.45) is 5.41 Å². The Labute approximate surface area is 424 Å². The number of carbonyl (C=O) groups excluding carboxylic acids is 7. The summed E-state index contributed by atoms with van der Waals surface area (Å²) in [4.78, 5) is 119. The second-order valence-electron chi connectivity index (χ2n) is 19.6. The van der Waals surface area contributed by atoms with Gasteiger partial charge in [0, 0.05) is 79.6 Å². The summed E-state index contributed by atoms with van der Waals surface area (Å²) in [5, 5.41) is 7.10. The Morgan fingerprint density at radius 1 is 0.932 bits per heavy atom. The van der Waals surface area contributed by atoms with Crippen LogP contribution in [0.3, 0.4) is 0 Å². The predicted octanol–water partition coefficient (Wildman–Crippen LogP) is 6.89. The minimum atomic E-state index is -5.84. The number of nitrogens with one attached hydrogen (secondary N) is 2. The number of halogens is 2. The van der Waals surface area contributed by atoms with Crippen molar-refractivity contribution in [2.45, 2.75) is 96.1 Å². The number of anilines is 1. The lowest BCUT2D eigenvalue weighted by molar-refractivity contribution is -0.141. The van der Waals surface area contributed by atoms with Crippen LogP contribution in [0.1, 0.15) is 102 Å². The average molecular weight is 1040 g/mol. The molecular weight excluding hydrogens is 982 g/mol. The van der Waals surface area contributed by atoms with Crippen molar-refractivity contribution >= 4 is 86.8 Å². The summed E-state index contributed by atoms with van der Waals surface area (Å²) in [5.41, 5.74) is -3.84. The maximum atomic E-state index is 14.9. The number of likely N-dealkylation sites (tertiary alicyclic amines) is 1. The fraction of sp³-hybridized carbons (Fsp3) is 0.377. The summed E-state index contributed by atoms with van der Waals surface area (Å²) in [6.07, 6.45) is 2.16. The number of rotatable bonds is 14. The number of imide groups is 1. The lowest BCUT2D eigenvalue weighted by atomic mass is 9.85. The molecule has 3 unspecified atom stereocenters. The van der Waals surface area contributed by atoms with E-state index in [9.17, 15) is 56.7 Å². The first-order valence-electron chi connectivity index (χ1n) is 23.9. The van der Waals surface area contributed by atoms with Gasteiger partial charge < -0.3 is 34.7 Å². The van der Waals surface area contributed by atoms with Crippen LogP contribution >= 0.6 is 18.9 Å².